The van der Waals surface area contributed by atoms with Crippen molar-refractivity contribution in [3.8, 4) is 0 Å². The molecule has 50 valence electrons. The predicted molar refractivity (Wildman–Crippen MR) is 38.0 cm³/mol. The molecule has 0 aliphatic carbocycles. The second-order valence-electron chi connectivity index (χ2n) is 0.513. The molecule has 0 saturated heterocycles. The largest absolute Gasteiger partial charge is 1.00 e. The maximum atomic E-state index is 8.88. The Labute approximate surface area is 76.0 Å². The molecule has 0 heterocycles. The van der Waals surface area contributed by atoms with E-state index >= 15 is 0 Å². The van der Waals surface area contributed by atoms with Gasteiger partial charge in [0.15, 0.2) is 0 Å². The molecule has 0 aliphatic heterocycles. The van der Waals surface area contributed by atoms with E-state index in [1.165, 1.54) is 0 Å². The summed E-state index contributed by atoms with van der Waals surface area (Å²) < 4.78 is 8.88. The maximum absolute atomic E-state index is 8.88. The topological polar surface area (TPSA) is 77.8 Å². The van der Waals surface area contributed by atoms with Crippen molar-refractivity contribution < 1.29 is 39.5 Å². The molecule has 4 nitrogen and oxygen atoms in total. The van der Waals surface area contributed by atoms with Crippen LogP contribution in [0.15, 0.2) is 0 Å². The smallest absolute Gasteiger partial charge is 1.00 e. The molecule has 0 aliphatic rings. The quantitative estimate of drug-likeness (QED) is 0.277. The van der Waals surface area contributed by atoms with Crippen LogP contribution in [0.3, 0.4) is 0 Å². The average Bonchev–Trinajstić information content (AvgIpc) is 0.722. The fourth-order valence-corrected chi connectivity index (χ4v) is 0. The molecule has 3 N–H and O–H groups in total. The standard InChI is InChI=1S/GeH4.Li.H3O4P.H4Si.H/c;;1-5(2,3)4;;/h1H4;;(H3,1,2,3,4);1H4;/q;+1;;;-1. The molecule has 0 fully saturated rings. The van der Waals surface area contributed by atoms with E-state index in [4.69, 9.17) is 19.2 Å². The van der Waals surface area contributed by atoms with Crippen LogP contribution < -0.4 is 18.9 Å². The molecule has 0 aromatic carbocycles. The van der Waals surface area contributed by atoms with E-state index in [0.717, 1.165) is 0 Å². The van der Waals surface area contributed by atoms with Crippen LogP contribution in [-0.4, -0.2) is 43.2 Å². The fraction of sp³-hybridized carbons (Fsp3) is 0. The Morgan fingerprint density at radius 3 is 1.25 bits per heavy atom. The minimum Gasteiger partial charge on any atom is -1.00 e. The average molecular weight is 215 g/mol. The molecule has 0 aromatic rings. The van der Waals surface area contributed by atoms with Crippen molar-refractivity contribution >= 4 is 36.4 Å². The first-order valence-electron chi connectivity index (χ1n) is 0.783. The Morgan fingerprint density at radius 2 is 1.25 bits per heavy atom. The number of rotatable bonds is 0. The van der Waals surface area contributed by atoms with Gasteiger partial charge in [-0.1, -0.05) is 0 Å². The molecule has 0 aromatic heterocycles. The number of hydrogen-bond acceptors (Lipinski definition) is 1. The van der Waals surface area contributed by atoms with Gasteiger partial charge in [0.2, 0.25) is 0 Å². The van der Waals surface area contributed by atoms with Gasteiger partial charge in [0, 0.05) is 0 Å². The summed E-state index contributed by atoms with van der Waals surface area (Å²) in [5, 5.41) is 0. The zero-order valence-electron chi connectivity index (χ0n) is 4.20. The van der Waals surface area contributed by atoms with Crippen molar-refractivity contribution in [3.63, 3.8) is 0 Å². The summed E-state index contributed by atoms with van der Waals surface area (Å²) >= 11 is 0. The van der Waals surface area contributed by atoms with Crippen molar-refractivity contribution in [2.75, 3.05) is 0 Å². The molecular formula is H12GeLiO4PSi. The van der Waals surface area contributed by atoms with Crippen LogP contribution in [0.25, 0.3) is 0 Å². The summed E-state index contributed by atoms with van der Waals surface area (Å²) in [6, 6.07) is 0. The first-order chi connectivity index (χ1) is 2.00. The molecule has 0 atom stereocenters. The van der Waals surface area contributed by atoms with Crippen molar-refractivity contribution in [1.82, 2.24) is 0 Å². The van der Waals surface area contributed by atoms with Crippen LogP contribution in [0.2, 0.25) is 0 Å². The third-order valence-electron chi connectivity index (χ3n) is 0. The first-order valence-corrected chi connectivity index (χ1v) is 2.35. The van der Waals surface area contributed by atoms with E-state index < -0.39 is 7.82 Å². The third kappa shape index (κ3) is 145. The van der Waals surface area contributed by atoms with Crippen LogP contribution in [0.5, 0.6) is 0 Å². The normalized spacial score (nSPS) is 7.38. The van der Waals surface area contributed by atoms with Gasteiger partial charge in [-0.05, 0) is 11.0 Å². The molecule has 0 amide bonds. The van der Waals surface area contributed by atoms with Crippen molar-refractivity contribution in [3.05, 3.63) is 0 Å². The van der Waals surface area contributed by atoms with Gasteiger partial charge in [-0.15, -0.1) is 0 Å². The van der Waals surface area contributed by atoms with Gasteiger partial charge < -0.3 is 16.1 Å². The zero-order valence-corrected chi connectivity index (χ0v) is 4.09. The predicted octanol–water partition coefficient (Wildman–Crippen LogP) is -6.72. The van der Waals surface area contributed by atoms with E-state index in [-0.39, 0.29) is 48.8 Å². The van der Waals surface area contributed by atoms with Gasteiger partial charge in [-0.25, -0.2) is 4.57 Å². The maximum Gasteiger partial charge on any atom is 1.00 e. The van der Waals surface area contributed by atoms with E-state index in [1.807, 2.05) is 0 Å². The van der Waals surface area contributed by atoms with Crippen LogP contribution >= 0.6 is 7.82 Å². The molecule has 8 heteroatoms. The Morgan fingerprint density at radius 1 is 1.25 bits per heavy atom. The van der Waals surface area contributed by atoms with Crippen LogP contribution in [-0.2, 0) is 4.57 Å². The van der Waals surface area contributed by atoms with Crippen molar-refractivity contribution in [1.29, 1.82) is 0 Å². The molecule has 0 unspecified atom stereocenters. The first kappa shape index (κ1) is 22.7. The molecule has 0 spiro atoms. The van der Waals surface area contributed by atoms with E-state index in [0.29, 0.717) is 0 Å². The van der Waals surface area contributed by atoms with Gasteiger partial charge in [-0.2, -0.15) is 0 Å². The second-order valence-corrected chi connectivity index (χ2v) is 1.54. The minimum absolute atomic E-state index is 0. The Balaban J connectivity index is -0.0000000133. The van der Waals surface area contributed by atoms with Crippen LogP contribution in [0.1, 0.15) is 1.43 Å². The van der Waals surface area contributed by atoms with Gasteiger partial charge in [-0.3, -0.25) is 0 Å². The van der Waals surface area contributed by atoms with Crippen LogP contribution in [0, 0.1) is 0 Å². The van der Waals surface area contributed by atoms with E-state index in [9.17, 15) is 0 Å². The zero-order chi connectivity index (χ0) is 4.50. The van der Waals surface area contributed by atoms with Crippen molar-refractivity contribution in [2.24, 2.45) is 0 Å². The molecule has 8 heavy (non-hydrogen) atoms. The summed E-state index contributed by atoms with van der Waals surface area (Å²) in [6.07, 6.45) is 0. The van der Waals surface area contributed by atoms with Crippen LogP contribution in [0.4, 0.5) is 0 Å². The Hall–Kier alpha value is 1.47. The summed E-state index contributed by atoms with van der Waals surface area (Å²) in [5.41, 5.74) is 0. The van der Waals surface area contributed by atoms with Gasteiger partial charge in [0.05, 0.1) is 0 Å². The van der Waals surface area contributed by atoms with Crippen molar-refractivity contribution in [2.45, 2.75) is 0 Å². The molecule has 0 rings (SSSR count). The second kappa shape index (κ2) is 8.47. The van der Waals surface area contributed by atoms with Gasteiger partial charge in [0.25, 0.3) is 0 Å². The monoisotopic (exact) mass is 216 g/mol. The molecular weight excluding hydrogens is 203 g/mol. The summed E-state index contributed by atoms with van der Waals surface area (Å²) in [7, 11) is -4.64. The van der Waals surface area contributed by atoms with Gasteiger partial charge >= 0.3 is 44.3 Å². The summed E-state index contributed by atoms with van der Waals surface area (Å²) in [6.45, 7) is 0. The number of hydrogen-bond donors (Lipinski definition) is 3. The van der Waals surface area contributed by atoms with E-state index in [2.05, 4.69) is 0 Å². The summed E-state index contributed by atoms with van der Waals surface area (Å²) in [4.78, 5) is 21.6. The Bertz CT molecular complexity index is 66.7. The van der Waals surface area contributed by atoms with E-state index in [1.54, 1.807) is 0 Å². The summed E-state index contributed by atoms with van der Waals surface area (Å²) in [5.74, 6) is 0. The fourth-order valence-electron chi connectivity index (χ4n) is 0. The SMILES string of the molecule is O=P(O)(O)O.[GeH4].[H-].[Li+].[SiH4]. The molecule has 0 saturated carbocycles. The van der Waals surface area contributed by atoms with Gasteiger partial charge in [0.1, 0.15) is 0 Å². The number of phosphoric acid groups is 1. The third-order valence-corrected chi connectivity index (χ3v) is 0. The molecule has 0 radical (unpaired) electrons. The Kier molecular flexibility index (Phi) is 24.0. The molecule has 0 bridgehead atoms. The minimum atomic E-state index is -4.64.